The Hall–Kier alpha value is -1.50. The van der Waals surface area contributed by atoms with Gasteiger partial charge in [0.2, 0.25) is 0 Å². The molecule has 1 unspecified atom stereocenters. The van der Waals surface area contributed by atoms with Gasteiger partial charge in [0.25, 0.3) is 0 Å². The second kappa shape index (κ2) is 7.33. The van der Waals surface area contributed by atoms with Crippen LogP contribution in [-0.4, -0.2) is 23.9 Å². The molecule has 1 atom stereocenters. The molecule has 2 rings (SSSR count). The Bertz CT molecular complexity index is 558. The van der Waals surface area contributed by atoms with Crippen LogP contribution in [0.3, 0.4) is 0 Å². The van der Waals surface area contributed by atoms with E-state index in [9.17, 15) is 9.90 Å². The van der Waals surface area contributed by atoms with Gasteiger partial charge in [0.1, 0.15) is 0 Å². The molecule has 2 amide bonds. The maximum Gasteiger partial charge on any atom is 0.319 e. The molecule has 0 aliphatic heterocycles. The fourth-order valence-electron chi connectivity index (χ4n) is 1.69. The molecule has 0 saturated heterocycles. The Kier molecular flexibility index (Phi) is 5.46. The first kappa shape index (κ1) is 14.9. The number of hydrogen-bond acceptors (Lipinski definition) is 4. The number of carbonyl (C=O) groups is 1. The number of para-hydroxylation sites is 1. The van der Waals surface area contributed by atoms with Gasteiger partial charge in [0, 0.05) is 11.4 Å². The lowest BCUT2D eigenvalue weighted by Crippen LogP contribution is -2.32. The number of thioether (sulfide) groups is 1. The third-order valence-corrected chi connectivity index (χ3v) is 4.24. The van der Waals surface area contributed by atoms with Crippen LogP contribution in [0.5, 0.6) is 0 Å². The van der Waals surface area contributed by atoms with E-state index < -0.39 is 6.10 Å². The predicted octanol–water partition coefficient (Wildman–Crippen LogP) is 3.33. The summed E-state index contributed by atoms with van der Waals surface area (Å²) in [7, 11) is 0. The molecule has 1 heterocycles. The van der Waals surface area contributed by atoms with E-state index in [0.717, 1.165) is 16.1 Å². The van der Waals surface area contributed by atoms with Crippen LogP contribution in [0, 0.1) is 0 Å². The minimum Gasteiger partial charge on any atom is -0.387 e. The van der Waals surface area contributed by atoms with Gasteiger partial charge in [-0.25, -0.2) is 4.79 Å². The monoisotopic (exact) mass is 308 g/mol. The van der Waals surface area contributed by atoms with E-state index in [1.165, 1.54) is 11.3 Å². The van der Waals surface area contributed by atoms with Crippen molar-refractivity contribution < 1.29 is 9.90 Å². The molecule has 2 aromatic rings. The number of aliphatic hydroxyl groups excluding tert-OH is 1. The molecule has 0 fully saturated rings. The largest absolute Gasteiger partial charge is 0.387 e. The van der Waals surface area contributed by atoms with Gasteiger partial charge in [-0.3, -0.25) is 0 Å². The van der Waals surface area contributed by atoms with Crippen molar-refractivity contribution in [2.75, 3.05) is 18.1 Å². The van der Waals surface area contributed by atoms with E-state index in [-0.39, 0.29) is 12.6 Å². The molecule has 0 radical (unpaired) electrons. The smallest absolute Gasteiger partial charge is 0.319 e. The molecule has 0 saturated carbocycles. The number of anilines is 1. The van der Waals surface area contributed by atoms with E-state index in [1.54, 1.807) is 11.8 Å². The van der Waals surface area contributed by atoms with Crippen LogP contribution < -0.4 is 10.6 Å². The molecule has 1 aromatic heterocycles. The zero-order valence-electron chi connectivity index (χ0n) is 11.0. The summed E-state index contributed by atoms with van der Waals surface area (Å²) in [6.07, 6.45) is 1.28. The van der Waals surface area contributed by atoms with Gasteiger partial charge in [-0.1, -0.05) is 12.1 Å². The van der Waals surface area contributed by atoms with Gasteiger partial charge in [0.15, 0.2) is 0 Å². The zero-order chi connectivity index (χ0) is 14.4. The summed E-state index contributed by atoms with van der Waals surface area (Å²) in [6, 6.07) is 9.12. The van der Waals surface area contributed by atoms with Gasteiger partial charge in [-0.15, -0.1) is 11.8 Å². The van der Waals surface area contributed by atoms with Gasteiger partial charge in [0.05, 0.1) is 11.8 Å². The Balaban J connectivity index is 1.86. The first-order valence-electron chi connectivity index (χ1n) is 6.08. The first-order chi connectivity index (χ1) is 9.70. The molecule has 106 valence electrons. The average Bonchev–Trinajstić information content (AvgIpc) is 2.99. The molecule has 20 heavy (non-hydrogen) atoms. The predicted molar refractivity (Wildman–Crippen MR) is 84.5 cm³/mol. The van der Waals surface area contributed by atoms with E-state index in [0.29, 0.717) is 0 Å². The summed E-state index contributed by atoms with van der Waals surface area (Å²) < 4.78 is 0. The van der Waals surface area contributed by atoms with Crippen LogP contribution in [0.1, 0.15) is 11.7 Å². The van der Waals surface area contributed by atoms with Crippen LogP contribution in [0.4, 0.5) is 10.5 Å². The maximum absolute atomic E-state index is 11.8. The van der Waals surface area contributed by atoms with E-state index in [1.807, 2.05) is 47.3 Å². The van der Waals surface area contributed by atoms with Gasteiger partial charge in [-0.2, -0.15) is 11.3 Å². The highest BCUT2D eigenvalue weighted by Crippen LogP contribution is 2.24. The van der Waals surface area contributed by atoms with Gasteiger partial charge >= 0.3 is 6.03 Å². The van der Waals surface area contributed by atoms with E-state index in [2.05, 4.69) is 10.6 Å². The summed E-state index contributed by atoms with van der Waals surface area (Å²) in [5, 5.41) is 19.1. The first-order valence-corrected chi connectivity index (χ1v) is 8.25. The van der Waals surface area contributed by atoms with Crippen molar-refractivity contribution in [2.45, 2.75) is 11.0 Å². The minimum absolute atomic E-state index is 0.185. The molecule has 0 spiro atoms. The maximum atomic E-state index is 11.8. The summed E-state index contributed by atoms with van der Waals surface area (Å²) >= 11 is 3.09. The Labute approximate surface area is 126 Å². The molecule has 4 nitrogen and oxygen atoms in total. The van der Waals surface area contributed by atoms with E-state index in [4.69, 9.17) is 0 Å². The Morgan fingerprint density at radius 3 is 2.90 bits per heavy atom. The highest BCUT2D eigenvalue weighted by molar-refractivity contribution is 7.98. The zero-order valence-corrected chi connectivity index (χ0v) is 12.6. The Morgan fingerprint density at radius 1 is 1.40 bits per heavy atom. The quantitative estimate of drug-likeness (QED) is 0.743. The number of benzene rings is 1. The number of urea groups is 1. The van der Waals surface area contributed by atoms with Crippen LogP contribution in [0.2, 0.25) is 0 Å². The highest BCUT2D eigenvalue weighted by atomic mass is 32.2. The van der Waals surface area contributed by atoms with Crippen molar-refractivity contribution in [3.05, 3.63) is 46.7 Å². The highest BCUT2D eigenvalue weighted by Gasteiger charge is 2.10. The van der Waals surface area contributed by atoms with Crippen molar-refractivity contribution in [1.82, 2.24) is 5.32 Å². The number of amides is 2. The van der Waals surface area contributed by atoms with Crippen molar-refractivity contribution in [2.24, 2.45) is 0 Å². The number of carbonyl (C=O) groups excluding carboxylic acids is 1. The van der Waals surface area contributed by atoms with Crippen molar-refractivity contribution in [3.63, 3.8) is 0 Å². The Morgan fingerprint density at radius 2 is 2.20 bits per heavy atom. The number of hydrogen-bond donors (Lipinski definition) is 3. The minimum atomic E-state index is -0.678. The third-order valence-electron chi connectivity index (χ3n) is 2.74. The van der Waals surface area contributed by atoms with E-state index >= 15 is 0 Å². The number of nitrogens with one attached hydrogen (secondary N) is 2. The average molecular weight is 308 g/mol. The SMILES string of the molecule is CSc1ccccc1NC(=O)NCC(O)c1ccsc1. The molecule has 0 aliphatic rings. The standard InChI is InChI=1S/C14H16N2O2S2/c1-19-13-5-3-2-4-11(13)16-14(18)15-8-12(17)10-6-7-20-9-10/h2-7,9,12,17H,8H2,1H3,(H2,15,16,18). The molecule has 0 aliphatic carbocycles. The van der Waals surface area contributed by atoms with Crippen LogP contribution in [0.25, 0.3) is 0 Å². The third kappa shape index (κ3) is 4.00. The summed E-state index contributed by atoms with van der Waals surface area (Å²) in [6.45, 7) is 0.185. The summed E-state index contributed by atoms with van der Waals surface area (Å²) in [5.41, 5.74) is 1.59. The fourth-order valence-corrected chi connectivity index (χ4v) is 2.95. The summed E-state index contributed by atoms with van der Waals surface area (Å²) in [5.74, 6) is 0. The van der Waals surface area contributed by atoms with Crippen molar-refractivity contribution in [1.29, 1.82) is 0 Å². The lowest BCUT2D eigenvalue weighted by Gasteiger charge is -2.13. The normalized spacial score (nSPS) is 11.9. The van der Waals surface area contributed by atoms with Crippen LogP contribution >= 0.6 is 23.1 Å². The van der Waals surface area contributed by atoms with Gasteiger partial charge < -0.3 is 15.7 Å². The lowest BCUT2D eigenvalue weighted by molar-refractivity contribution is 0.175. The van der Waals surface area contributed by atoms with Crippen molar-refractivity contribution >= 4 is 34.8 Å². The summed E-state index contributed by atoms with van der Waals surface area (Å²) in [4.78, 5) is 12.8. The topological polar surface area (TPSA) is 61.4 Å². The number of aliphatic hydroxyl groups is 1. The lowest BCUT2D eigenvalue weighted by atomic mass is 10.2. The number of thiophene rings is 1. The molecular weight excluding hydrogens is 292 g/mol. The second-order valence-electron chi connectivity index (χ2n) is 4.11. The molecule has 0 bridgehead atoms. The molecule has 3 N–H and O–H groups in total. The molecule has 1 aromatic carbocycles. The van der Waals surface area contributed by atoms with Crippen molar-refractivity contribution in [3.8, 4) is 0 Å². The van der Waals surface area contributed by atoms with Crippen LogP contribution in [0.15, 0.2) is 46.0 Å². The van der Waals surface area contributed by atoms with Gasteiger partial charge in [-0.05, 0) is 40.8 Å². The second-order valence-corrected chi connectivity index (χ2v) is 5.74. The number of rotatable bonds is 5. The molecule has 6 heteroatoms. The fraction of sp³-hybridized carbons (Fsp3) is 0.214. The van der Waals surface area contributed by atoms with Crippen LogP contribution in [-0.2, 0) is 0 Å². The molecular formula is C14H16N2O2S2.